The Morgan fingerprint density at radius 3 is 2.06 bits per heavy atom. The predicted octanol–water partition coefficient (Wildman–Crippen LogP) is 8.68. The SMILES string of the molecule is Cc1cccc2nc(-c3ccc(NC(=O)C(Cc4ccc(C(=O)NCCS(=O)O)cc4)c4ccc(-c5ccc(C(C)(C)C)cc5)cc4)cc3)oc12. The maximum Gasteiger partial charge on any atom is 0.251 e. The number of amides is 2. The first-order chi connectivity index (χ1) is 24.4. The lowest BCUT2D eigenvalue weighted by Gasteiger charge is -2.20. The molecule has 0 saturated carbocycles. The van der Waals surface area contributed by atoms with Crippen LogP contribution >= 0.6 is 0 Å². The smallest absolute Gasteiger partial charge is 0.251 e. The van der Waals surface area contributed by atoms with Gasteiger partial charge in [0.1, 0.15) is 5.52 Å². The standard InChI is InChI=1S/C42H41N3O5S/c1-27-6-5-7-37-38(27)50-41(45-37)33-18-22-35(23-19-33)44-40(47)36(26-28-8-10-32(11-9-28)39(46)43-24-25-51(48)49)31-14-12-29(13-15-31)30-16-20-34(21-17-30)42(2,3)4/h5-23,36H,24-26H2,1-4H3,(H,43,46)(H,44,47)(H,48,49). The molecule has 0 aliphatic carbocycles. The van der Waals surface area contributed by atoms with Crippen molar-refractivity contribution >= 4 is 39.7 Å². The molecule has 0 radical (unpaired) electrons. The number of carbonyl (C=O) groups excluding carboxylic acids is 2. The molecule has 0 saturated heterocycles. The van der Waals surface area contributed by atoms with E-state index in [1.807, 2.05) is 85.8 Å². The van der Waals surface area contributed by atoms with Gasteiger partial charge in [-0.15, -0.1) is 0 Å². The van der Waals surface area contributed by atoms with Gasteiger partial charge >= 0.3 is 0 Å². The Labute approximate surface area is 300 Å². The number of anilines is 1. The largest absolute Gasteiger partial charge is 0.436 e. The molecule has 0 fully saturated rings. The van der Waals surface area contributed by atoms with Crippen molar-refractivity contribution < 1.29 is 22.8 Å². The number of benzene rings is 5. The zero-order chi connectivity index (χ0) is 36.1. The van der Waals surface area contributed by atoms with Gasteiger partial charge in [0.05, 0.1) is 11.7 Å². The molecule has 2 atom stereocenters. The summed E-state index contributed by atoms with van der Waals surface area (Å²) in [5, 5.41) is 5.75. The second-order valence-corrected chi connectivity index (χ2v) is 14.7. The molecule has 6 aromatic rings. The van der Waals surface area contributed by atoms with Crippen LogP contribution in [-0.2, 0) is 27.7 Å². The molecule has 8 nitrogen and oxygen atoms in total. The molecule has 0 aliphatic heterocycles. The van der Waals surface area contributed by atoms with Crippen LogP contribution in [0.15, 0.2) is 120 Å². The first kappa shape index (κ1) is 35.4. The predicted molar refractivity (Wildman–Crippen MR) is 204 cm³/mol. The fourth-order valence-electron chi connectivity index (χ4n) is 5.95. The van der Waals surface area contributed by atoms with Crippen LogP contribution in [-0.4, -0.2) is 37.9 Å². The third-order valence-electron chi connectivity index (χ3n) is 8.94. The Bertz CT molecular complexity index is 2170. The average Bonchev–Trinajstić information content (AvgIpc) is 3.57. The summed E-state index contributed by atoms with van der Waals surface area (Å²) in [6, 6.07) is 37.1. The quantitative estimate of drug-likeness (QED) is 0.116. The van der Waals surface area contributed by atoms with Gasteiger partial charge in [-0.25, -0.2) is 9.19 Å². The van der Waals surface area contributed by atoms with E-state index >= 15 is 0 Å². The number of aryl methyl sites for hydroxylation is 1. The van der Waals surface area contributed by atoms with Gasteiger partial charge in [-0.2, -0.15) is 0 Å². The lowest BCUT2D eigenvalue weighted by atomic mass is 9.86. The van der Waals surface area contributed by atoms with E-state index < -0.39 is 17.0 Å². The van der Waals surface area contributed by atoms with Crippen LogP contribution < -0.4 is 10.6 Å². The molecule has 0 aliphatic rings. The van der Waals surface area contributed by atoms with E-state index in [2.05, 4.69) is 60.7 Å². The summed E-state index contributed by atoms with van der Waals surface area (Å²) in [5.74, 6) is -0.545. The zero-order valence-electron chi connectivity index (χ0n) is 29.1. The van der Waals surface area contributed by atoms with Crippen molar-refractivity contribution in [1.29, 1.82) is 0 Å². The third kappa shape index (κ3) is 8.68. The highest BCUT2D eigenvalue weighted by Gasteiger charge is 2.23. The summed E-state index contributed by atoms with van der Waals surface area (Å²) in [6.07, 6.45) is 0.400. The summed E-state index contributed by atoms with van der Waals surface area (Å²) in [7, 11) is 0. The van der Waals surface area contributed by atoms with Crippen LogP contribution in [0.25, 0.3) is 33.7 Å². The van der Waals surface area contributed by atoms with Gasteiger partial charge in [0.2, 0.25) is 11.8 Å². The first-order valence-electron chi connectivity index (χ1n) is 16.9. The molecule has 1 aromatic heterocycles. The first-order valence-corrected chi connectivity index (χ1v) is 18.1. The molecular formula is C42H41N3O5S. The van der Waals surface area contributed by atoms with Crippen molar-refractivity contribution in [1.82, 2.24) is 10.3 Å². The average molecular weight is 700 g/mol. The number of hydrogen-bond acceptors (Lipinski definition) is 5. The molecule has 6 rings (SSSR count). The van der Waals surface area contributed by atoms with Crippen LogP contribution in [0.2, 0.25) is 0 Å². The van der Waals surface area contributed by atoms with Crippen molar-refractivity contribution in [3.05, 3.63) is 143 Å². The van der Waals surface area contributed by atoms with Crippen LogP contribution in [0.1, 0.15) is 59.3 Å². The monoisotopic (exact) mass is 699 g/mol. The number of carbonyl (C=O) groups is 2. The minimum absolute atomic E-state index is 0.0408. The molecule has 9 heteroatoms. The molecule has 51 heavy (non-hydrogen) atoms. The number of hydrogen-bond donors (Lipinski definition) is 3. The van der Waals surface area contributed by atoms with Gasteiger partial charge in [0, 0.05) is 23.4 Å². The summed E-state index contributed by atoms with van der Waals surface area (Å²) in [6.45, 7) is 8.67. The van der Waals surface area contributed by atoms with E-state index in [-0.39, 0.29) is 29.5 Å². The second kappa shape index (κ2) is 15.2. The zero-order valence-corrected chi connectivity index (χ0v) is 29.9. The molecule has 0 bridgehead atoms. The fourth-order valence-corrected chi connectivity index (χ4v) is 6.23. The summed E-state index contributed by atoms with van der Waals surface area (Å²) in [5.41, 5.74) is 9.69. The highest BCUT2D eigenvalue weighted by molar-refractivity contribution is 7.79. The third-order valence-corrected chi connectivity index (χ3v) is 9.50. The molecule has 5 aromatic carbocycles. The molecular weight excluding hydrogens is 659 g/mol. The minimum atomic E-state index is -1.98. The molecule has 1 heterocycles. The number of nitrogens with zero attached hydrogens (tertiary/aromatic N) is 1. The van der Waals surface area contributed by atoms with Gasteiger partial charge in [0.15, 0.2) is 16.7 Å². The number of para-hydroxylation sites is 1. The second-order valence-electron chi connectivity index (χ2n) is 13.7. The highest BCUT2D eigenvalue weighted by atomic mass is 32.2. The summed E-state index contributed by atoms with van der Waals surface area (Å²) >= 11 is -1.98. The maximum atomic E-state index is 14.0. The van der Waals surface area contributed by atoms with Crippen LogP contribution in [0.4, 0.5) is 5.69 Å². The van der Waals surface area contributed by atoms with E-state index in [4.69, 9.17) is 8.97 Å². The molecule has 2 amide bonds. The van der Waals surface area contributed by atoms with E-state index in [0.29, 0.717) is 23.6 Å². The highest BCUT2D eigenvalue weighted by Crippen LogP contribution is 2.31. The van der Waals surface area contributed by atoms with Gasteiger partial charge in [-0.05, 0) is 94.6 Å². The maximum absolute atomic E-state index is 14.0. The van der Waals surface area contributed by atoms with Crippen molar-refractivity contribution in [3.8, 4) is 22.6 Å². The Balaban J connectivity index is 1.22. The lowest BCUT2D eigenvalue weighted by molar-refractivity contribution is -0.117. The van der Waals surface area contributed by atoms with Crippen LogP contribution in [0, 0.1) is 6.92 Å². The fraction of sp³-hybridized carbons (Fsp3) is 0.214. The van der Waals surface area contributed by atoms with Gasteiger partial charge in [-0.3, -0.25) is 9.59 Å². The van der Waals surface area contributed by atoms with E-state index in [1.54, 1.807) is 12.1 Å². The lowest BCUT2D eigenvalue weighted by Crippen LogP contribution is -2.27. The van der Waals surface area contributed by atoms with Gasteiger partial charge < -0.3 is 19.6 Å². The number of aromatic nitrogens is 1. The van der Waals surface area contributed by atoms with Crippen molar-refractivity contribution in [2.24, 2.45) is 0 Å². The molecule has 260 valence electrons. The van der Waals surface area contributed by atoms with E-state index in [1.165, 1.54) is 5.56 Å². The number of oxazole rings is 1. The van der Waals surface area contributed by atoms with Gasteiger partial charge in [0.25, 0.3) is 5.91 Å². The topological polar surface area (TPSA) is 122 Å². The van der Waals surface area contributed by atoms with Gasteiger partial charge in [-0.1, -0.05) is 93.6 Å². The Morgan fingerprint density at radius 2 is 1.45 bits per heavy atom. The van der Waals surface area contributed by atoms with E-state index in [0.717, 1.165) is 44.5 Å². The Kier molecular flexibility index (Phi) is 10.6. The summed E-state index contributed by atoms with van der Waals surface area (Å²) < 4.78 is 25.9. The molecule has 3 N–H and O–H groups in total. The Morgan fingerprint density at radius 1 is 0.824 bits per heavy atom. The van der Waals surface area contributed by atoms with Crippen LogP contribution in [0.3, 0.4) is 0 Å². The molecule has 0 spiro atoms. The number of rotatable bonds is 11. The normalized spacial score (nSPS) is 12.7. The van der Waals surface area contributed by atoms with Crippen molar-refractivity contribution in [2.45, 2.75) is 45.4 Å². The van der Waals surface area contributed by atoms with Crippen molar-refractivity contribution in [2.75, 3.05) is 17.6 Å². The summed E-state index contributed by atoms with van der Waals surface area (Å²) in [4.78, 5) is 31.2. The van der Waals surface area contributed by atoms with Crippen molar-refractivity contribution in [3.63, 3.8) is 0 Å². The minimum Gasteiger partial charge on any atom is -0.436 e. The molecule has 2 unspecified atom stereocenters. The Hall–Kier alpha value is -5.38. The number of nitrogens with one attached hydrogen (secondary N) is 2. The van der Waals surface area contributed by atoms with E-state index in [9.17, 15) is 13.8 Å². The number of fused-ring (bicyclic) bond motifs is 1. The van der Waals surface area contributed by atoms with Crippen LogP contribution in [0.5, 0.6) is 0 Å².